The van der Waals surface area contributed by atoms with E-state index in [0.717, 1.165) is 29.2 Å². The van der Waals surface area contributed by atoms with E-state index in [1.807, 2.05) is 36.0 Å². The Hall–Kier alpha value is -1.03. The maximum absolute atomic E-state index is 6.23. The number of hydrogen-bond donors (Lipinski definition) is 1. The van der Waals surface area contributed by atoms with E-state index in [0.29, 0.717) is 5.02 Å². The molecule has 0 saturated carbocycles. The molecule has 0 saturated heterocycles. The van der Waals surface area contributed by atoms with Crippen molar-refractivity contribution < 1.29 is 0 Å². The number of rotatable bonds is 5. The van der Waals surface area contributed by atoms with Gasteiger partial charge in [-0.3, -0.25) is 4.68 Å². The van der Waals surface area contributed by atoms with Crippen molar-refractivity contribution in [2.75, 3.05) is 6.54 Å². The summed E-state index contributed by atoms with van der Waals surface area (Å²) in [7, 11) is 1.90. The summed E-state index contributed by atoms with van der Waals surface area (Å²) in [6, 6.07) is 7.98. The van der Waals surface area contributed by atoms with E-state index in [-0.39, 0.29) is 6.04 Å². The molecule has 0 fully saturated rings. The largest absolute Gasteiger partial charge is 0.309 e. The monoisotopic (exact) mass is 297 g/mol. The second kappa shape index (κ2) is 6.42. The molecule has 0 spiro atoms. The number of halogens is 2. The van der Waals surface area contributed by atoms with Crippen LogP contribution in [0.25, 0.3) is 0 Å². The lowest BCUT2D eigenvalue weighted by Gasteiger charge is -2.19. The van der Waals surface area contributed by atoms with E-state index in [2.05, 4.69) is 17.3 Å². The number of aryl methyl sites for hydroxylation is 1. The zero-order chi connectivity index (χ0) is 13.8. The van der Waals surface area contributed by atoms with E-state index in [9.17, 15) is 0 Å². The minimum Gasteiger partial charge on any atom is -0.309 e. The Kier molecular flexibility index (Phi) is 4.86. The molecule has 3 nitrogen and oxygen atoms in total. The van der Waals surface area contributed by atoms with Gasteiger partial charge in [-0.25, -0.2) is 0 Å². The summed E-state index contributed by atoms with van der Waals surface area (Å²) in [5.74, 6) is 0. The molecule has 0 aliphatic carbocycles. The van der Waals surface area contributed by atoms with Crippen LogP contribution in [0.2, 0.25) is 10.0 Å². The van der Waals surface area contributed by atoms with Crippen LogP contribution in [0.4, 0.5) is 0 Å². The van der Waals surface area contributed by atoms with Crippen molar-refractivity contribution in [3.63, 3.8) is 0 Å². The third kappa shape index (κ3) is 3.30. The third-order valence-corrected chi connectivity index (χ3v) is 3.76. The Morgan fingerprint density at radius 2 is 2.00 bits per heavy atom. The van der Waals surface area contributed by atoms with Gasteiger partial charge in [0.15, 0.2) is 0 Å². The number of nitrogens with zero attached hydrogens (tertiary/aromatic N) is 2. The molecule has 0 aliphatic rings. The van der Waals surface area contributed by atoms with Crippen LogP contribution in [-0.2, 0) is 13.5 Å². The fraction of sp³-hybridized carbons (Fsp3) is 0.357. The van der Waals surface area contributed by atoms with E-state index >= 15 is 0 Å². The Labute approximate surface area is 123 Å². The maximum Gasteiger partial charge on any atom is 0.0834 e. The summed E-state index contributed by atoms with van der Waals surface area (Å²) in [4.78, 5) is 0. The summed E-state index contributed by atoms with van der Waals surface area (Å²) >= 11 is 12.5. The van der Waals surface area contributed by atoms with Crippen LogP contribution in [0, 0.1) is 0 Å². The normalized spacial score (nSPS) is 12.6. The molecule has 2 aromatic rings. The van der Waals surface area contributed by atoms with Crippen LogP contribution in [0.15, 0.2) is 30.5 Å². The van der Waals surface area contributed by atoms with Crippen LogP contribution >= 0.6 is 23.2 Å². The number of benzene rings is 1. The van der Waals surface area contributed by atoms with E-state index < -0.39 is 0 Å². The third-order valence-electron chi connectivity index (χ3n) is 3.10. The minimum absolute atomic E-state index is 0.102. The van der Waals surface area contributed by atoms with Crippen molar-refractivity contribution in [3.05, 3.63) is 51.8 Å². The molecule has 1 aromatic carbocycles. The fourth-order valence-corrected chi connectivity index (χ4v) is 2.72. The summed E-state index contributed by atoms with van der Waals surface area (Å²) in [5.41, 5.74) is 2.09. The van der Waals surface area contributed by atoms with Crippen molar-refractivity contribution in [2.45, 2.75) is 19.4 Å². The second-order valence-electron chi connectivity index (χ2n) is 4.41. The number of likely N-dealkylation sites (N-methyl/N-ethyl adjacent to an activating group) is 1. The van der Waals surface area contributed by atoms with Crippen LogP contribution in [0.3, 0.4) is 0 Å². The van der Waals surface area contributed by atoms with E-state index in [4.69, 9.17) is 23.2 Å². The zero-order valence-corrected chi connectivity index (χ0v) is 12.5. The standard InChI is InChI=1S/C14H17Cl2N3/c1-3-17-13(14-12(16)9-18-19(14)2)8-10-6-4-5-7-11(10)15/h4-7,9,13,17H,3,8H2,1-2H3. The van der Waals surface area contributed by atoms with Gasteiger partial charge in [-0.2, -0.15) is 5.10 Å². The van der Waals surface area contributed by atoms with E-state index in [1.165, 1.54) is 0 Å². The molecule has 1 heterocycles. The molecule has 1 unspecified atom stereocenters. The second-order valence-corrected chi connectivity index (χ2v) is 5.22. The molecule has 1 atom stereocenters. The van der Waals surface area contributed by atoms with Crippen LogP contribution in [0.5, 0.6) is 0 Å². The van der Waals surface area contributed by atoms with Gasteiger partial charge in [-0.15, -0.1) is 0 Å². The number of aromatic nitrogens is 2. The molecular weight excluding hydrogens is 281 g/mol. The molecule has 102 valence electrons. The van der Waals surface area contributed by atoms with Crippen molar-refractivity contribution in [1.82, 2.24) is 15.1 Å². The van der Waals surface area contributed by atoms with Gasteiger partial charge >= 0.3 is 0 Å². The fourth-order valence-electron chi connectivity index (χ4n) is 2.21. The molecule has 0 bridgehead atoms. The first-order valence-corrected chi connectivity index (χ1v) is 7.03. The van der Waals surface area contributed by atoms with Gasteiger partial charge in [0.25, 0.3) is 0 Å². The lowest BCUT2D eigenvalue weighted by molar-refractivity contribution is 0.508. The molecule has 0 amide bonds. The number of nitrogens with one attached hydrogen (secondary N) is 1. The summed E-state index contributed by atoms with van der Waals surface area (Å²) < 4.78 is 1.81. The van der Waals surface area contributed by atoms with Crippen LogP contribution in [-0.4, -0.2) is 16.3 Å². The summed E-state index contributed by atoms with van der Waals surface area (Å²) in [5, 5.41) is 9.10. The first-order chi connectivity index (χ1) is 9.13. The van der Waals surface area contributed by atoms with E-state index in [1.54, 1.807) is 6.20 Å². The highest BCUT2D eigenvalue weighted by atomic mass is 35.5. The van der Waals surface area contributed by atoms with Gasteiger partial charge in [-0.05, 0) is 24.6 Å². The summed E-state index contributed by atoms with van der Waals surface area (Å²) in [6.07, 6.45) is 2.46. The summed E-state index contributed by atoms with van der Waals surface area (Å²) in [6.45, 7) is 2.93. The van der Waals surface area contributed by atoms with Gasteiger partial charge in [-0.1, -0.05) is 48.3 Å². The van der Waals surface area contributed by atoms with Crippen LogP contribution in [0.1, 0.15) is 24.2 Å². The molecule has 1 aromatic heterocycles. The first-order valence-electron chi connectivity index (χ1n) is 6.27. The molecule has 2 rings (SSSR count). The Balaban J connectivity index is 2.29. The molecular formula is C14H17Cl2N3. The highest BCUT2D eigenvalue weighted by Crippen LogP contribution is 2.27. The van der Waals surface area contributed by atoms with Crippen molar-refractivity contribution >= 4 is 23.2 Å². The molecule has 5 heteroatoms. The van der Waals surface area contributed by atoms with Gasteiger partial charge in [0.05, 0.1) is 23.0 Å². The molecule has 19 heavy (non-hydrogen) atoms. The Bertz CT molecular complexity index is 532. The first kappa shape index (κ1) is 14.4. The lowest BCUT2D eigenvalue weighted by atomic mass is 10.0. The Morgan fingerprint density at radius 3 is 2.58 bits per heavy atom. The van der Waals surface area contributed by atoms with Gasteiger partial charge in [0.2, 0.25) is 0 Å². The van der Waals surface area contributed by atoms with Gasteiger partial charge in [0.1, 0.15) is 0 Å². The predicted octanol–water partition coefficient (Wildman–Crippen LogP) is 3.62. The molecule has 1 N–H and O–H groups in total. The Morgan fingerprint density at radius 1 is 1.26 bits per heavy atom. The average molecular weight is 298 g/mol. The molecule has 0 aliphatic heterocycles. The predicted molar refractivity (Wildman–Crippen MR) is 79.8 cm³/mol. The quantitative estimate of drug-likeness (QED) is 0.913. The van der Waals surface area contributed by atoms with Gasteiger partial charge in [0, 0.05) is 12.1 Å². The van der Waals surface area contributed by atoms with Crippen molar-refractivity contribution in [2.24, 2.45) is 7.05 Å². The maximum atomic E-state index is 6.23. The average Bonchev–Trinajstić information content (AvgIpc) is 2.71. The smallest absolute Gasteiger partial charge is 0.0834 e. The zero-order valence-electron chi connectivity index (χ0n) is 11.0. The topological polar surface area (TPSA) is 29.9 Å². The highest BCUT2D eigenvalue weighted by molar-refractivity contribution is 6.31. The number of hydrogen-bond acceptors (Lipinski definition) is 2. The van der Waals surface area contributed by atoms with Crippen molar-refractivity contribution in [3.8, 4) is 0 Å². The van der Waals surface area contributed by atoms with Crippen molar-refractivity contribution in [1.29, 1.82) is 0 Å². The highest BCUT2D eigenvalue weighted by Gasteiger charge is 2.19. The SMILES string of the molecule is CCNC(Cc1ccccc1Cl)c1c(Cl)cnn1C. The minimum atomic E-state index is 0.102. The van der Waals surface area contributed by atoms with Crippen LogP contribution < -0.4 is 5.32 Å². The lowest BCUT2D eigenvalue weighted by Crippen LogP contribution is -2.25. The molecule has 0 radical (unpaired) electrons. The van der Waals surface area contributed by atoms with Gasteiger partial charge < -0.3 is 5.32 Å².